The van der Waals surface area contributed by atoms with E-state index in [0.29, 0.717) is 6.04 Å². The molecule has 1 rings (SSSR count). The Balaban J connectivity index is 2.44. The number of rotatable bonds is 8. The molecule has 0 bridgehead atoms. The lowest BCUT2D eigenvalue weighted by Crippen LogP contribution is -2.31. The third kappa shape index (κ3) is 6.64. The first-order chi connectivity index (χ1) is 9.84. The fourth-order valence-electron chi connectivity index (χ4n) is 2.32. The van der Waals surface area contributed by atoms with Crippen molar-refractivity contribution >= 4 is 5.69 Å². The van der Waals surface area contributed by atoms with Crippen LogP contribution in [-0.4, -0.2) is 17.5 Å². The second kappa shape index (κ2) is 8.05. The Morgan fingerprint density at radius 2 is 1.81 bits per heavy atom. The Morgan fingerprint density at radius 3 is 2.33 bits per heavy atom. The summed E-state index contributed by atoms with van der Waals surface area (Å²) in [5.41, 5.74) is 7.65. The van der Waals surface area contributed by atoms with Crippen molar-refractivity contribution < 1.29 is 0 Å². The molecular weight excluding hydrogens is 258 g/mol. The van der Waals surface area contributed by atoms with E-state index in [1.54, 1.807) is 0 Å². The van der Waals surface area contributed by atoms with E-state index in [-0.39, 0.29) is 5.41 Å². The molecule has 3 nitrogen and oxygen atoms in total. The van der Waals surface area contributed by atoms with Crippen LogP contribution in [0.2, 0.25) is 0 Å². The first kappa shape index (κ1) is 17.5. The van der Waals surface area contributed by atoms with E-state index in [4.69, 9.17) is 11.0 Å². The van der Waals surface area contributed by atoms with Gasteiger partial charge in [0.1, 0.15) is 0 Å². The fourth-order valence-corrected chi connectivity index (χ4v) is 2.32. The lowest BCUT2D eigenvalue weighted by molar-refractivity contribution is 0.205. The Morgan fingerprint density at radius 1 is 1.19 bits per heavy atom. The van der Waals surface area contributed by atoms with Gasteiger partial charge in [-0.25, -0.2) is 0 Å². The number of hydrogen-bond donors (Lipinski definition) is 1. The number of hydrogen-bond acceptors (Lipinski definition) is 3. The second-order valence-electron chi connectivity index (χ2n) is 6.76. The average molecular weight is 287 g/mol. The number of nitrogens with zero attached hydrogens (tertiary/aromatic N) is 2. The van der Waals surface area contributed by atoms with E-state index < -0.39 is 0 Å². The van der Waals surface area contributed by atoms with Crippen LogP contribution in [0, 0.1) is 16.7 Å². The van der Waals surface area contributed by atoms with Gasteiger partial charge in [-0.2, -0.15) is 5.26 Å². The highest BCUT2D eigenvalue weighted by Crippen LogP contribution is 2.22. The van der Waals surface area contributed by atoms with Crippen LogP contribution in [0.25, 0.3) is 0 Å². The zero-order valence-electron chi connectivity index (χ0n) is 13.9. The molecule has 0 aliphatic rings. The summed E-state index contributed by atoms with van der Waals surface area (Å²) >= 11 is 0. The van der Waals surface area contributed by atoms with Crippen LogP contribution >= 0.6 is 0 Å². The highest BCUT2D eigenvalue weighted by molar-refractivity contribution is 5.39. The average Bonchev–Trinajstić information content (AvgIpc) is 2.44. The van der Waals surface area contributed by atoms with Crippen molar-refractivity contribution in [1.29, 1.82) is 5.26 Å². The van der Waals surface area contributed by atoms with Crippen LogP contribution in [0.3, 0.4) is 0 Å². The van der Waals surface area contributed by atoms with E-state index in [0.717, 1.165) is 38.0 Å². The summed E-state index contributed by atoms with van der Waals surface area (Å²) < 4.78 is 0. The van der Waals surface area contributed by atoms with Crippen LogP contribution in [-0.2, 0) is 6.54 Å². The van der Waals surface area contributed by atoms with Gasteiger partial charge in [-0.1, -0.05) is 18.6 Å². The second-order valence-corrected chi connectivity index (χ2v) is 6.76. The molecule has 1 aromatic rings. The molecule has 0 radical (unpaired) electrons. The summed E-state index contributed by atoms with van der Waals surface area (Å²) in [4.78, 5) is 2.48. The molecule has 0 aromatic heterocycles. The third-order valence-corrected chi connectivity index (χ3v) is 3.90. The van der Waals surface area contributed by atoms with Crippen molar-refractivity contribution in [2.45, 2.75) is 59.5 Å². The number of anilines is 1. The first-order valence-corrected chi connectivity index (χ1v) is 7.84. The maximum Gasteiger partial charge on any atom is 0.0683 e. The monoisotopic (exact) mass is 287 g/mol. The molecule has 116 valence electrons. The number of benzene rings is 1. The minimum atomic E-state index is -0.195. The predicted octanol–water partition coefficient (Wildman–Crippen LogP) is 4.20. The molecule has 0 aliphatic carbocycles. The quantitative estimate of drug-likeness (QED) is 0.576. The van der Waals surface area contributed by atoms with Gasteiger partial charge in [-0.3, -0.25) is 4.90 Å². The highest BCUT2D eigenvalue weighted by atomic mass is 15.1. The van der Waals surface area contributed by atoms with E-state index in [1.165, 1.54) is 5.56 Å². The standard InChI is InChI=1S/C18H29N3/c1-15(2)21(12-6-5-11-18(3,4)14-19)13-16-7-9-17(20)10-8-16/h7-10,15H,5-6,11-13,20H2,1-4H3. The fraction of sp³-hybridized carbons (Fsp3) is 0.611. The summed E-state index contributed by atoms with van der Waals surface area (Å²) in [5.74, 6) is 0. The van der Waals surface area contributed by atoms with Crippen LogP contribution in [0.1, 0.15) is 52.5 Å². The minimum Gasteiger partial charge on any atom is -0.399 e. The van der Waals surface area contributed by atoms with Gasteiger partial charge in [0.25, 0.3) is 0 Å². The van der Waals surface area contributed by atoms with E-state index >= 15 is 0 Å². The molecule has 0 fully saturated rings. The maximum absolute atomic E-state index is 9.04. The number of nitriles is 1. The summed E-state index contributed by atoms with van der Waals surface area (Å²) in [5, 5.41) is 9.04. The van der Waals surface area contributed by atoms with Crippen molar-refractivity contribution in [2.24, 2.45) is 5.41 Å². The molecule has 0 saturated heterocycles. The molecule has 0 saturated carbocycles. The number of unbranched alkanes of at least 4 members (excludes halogenated alkanes) is 1. The van der Waals surface area contributed by atoms with Gasteiger partial charge in [-0.15, -0.1) is 0 Å². The lowest BCUT2D eigenvalue weighted by atomic mass is 9.89. The normalized spacial score (nSPS) is 11.9. The Kier molecular flexibility index (Phi) is 6.71. The van der Waals surface area contributed by atoms with Gasteiger partial charge >= 0.3 is 0 Å². The minimum absolute atomic E-state index is 0.195. The van der Waals surface area contributed by atoms with Crippen LogP contribution in [0.4, 0.5) is 5.69 Å². The SMILES string of the molecule is CC(C)N(CCCCC(C)(C)C#N)Cc1ccc(N)cc1. The maximum atomic E-state index is 9.04. The van der Waals surface area contributed by atoms with Crippen LogP contribution in [0.5, 0.6) is 0 Å². The van der Waals surface area contributed by atoms with Crippen LogP contribution in [0.15, 0.2) is 24.3 Å². The highest BCUT2D eigenvalue weighted by Gasteiger charge is 2.16. The molecular formula is C18H29N3. The molecule has 0 aliphatic heterocycles. The van der Waals surface area contributed by atoms with Crippen molar-refractivity contribution in [2.75, 3.05) is 12.3 Å². The predicted molar refractivity (Wildman–Crippen MR) is 89.6 cm³/mol. The molecule has 2 N–H and O–H groups in total. The van der Waals surface area contributed by atoms with Gasteiger partial charge < -0.3 is 5.73 Å². The zero-order valence-corrected chi connectivity index (χ0v) is 13.9. The van der Waals surface area contributed by atoms with E-state index in [2.05, 4.69) is 36.9 Å². The van der Waals surface area contributed by atoms with Gasteiger partial charge in [0.05, 0.1) is 11.5 Å². The molecule has 3 heteroatoms. The Labute approximate surface area is 129 Å². The summed E-state index contributed by atoms with van der Waals surface area (Å²) in [7, 11) is 0. The van der Waals surface area contributed by atoms with Gasteiger partial charge in [0.2, 0.25) is 0 Å². The van der Waals surface area contributed by atoms with Gasteiger partial charge in [-0.05, 0) is 64.8 Å². The topological polar surface area (TPSA) is 53.0 Å². The van der Waals surface area contributed by atoms with Crippen molar-refractivity contribution in [1.82, 2.24) is 4.90 Å². The molecule has 0 spiro atoms. The third-order valence-electron chi connectivity index (χ3n) is 3.90. The molecule has 0 amide bonds. The van der Waals surface area contributed by atoms with Gasteiger partial charge in [0, 0.05) is 18.3 Å². The van der Waals surface area contributed by atoms with E-state index in [1.807, 2.05) is 26.0 Å². The summed E-state index contributed by atoms with van der Waals surface area (Å²) in [6, 6.07) is 11.0. The van der Waals surface area contributed by atoms with Crippen LogP contribution < -0.4 is 5.73 Å². The lowest BCUT2D eigenvalue weighted by Gasteiger charge is -2.27. The molecule has 0 heterocycles. The van der Waals surface area contributed by atoms with E-state index in [9.17, 15) is 0 Å². The summed E-state index contributed by atoms with van der Waals surface area (Å²) in [6.07, 6.45) is 3.21. The molecule has 0 atom stereocenters. The number of nitrogens with two attached hydrogens (primary N) is 1. The smallest absolute Gasteiger partial charge is 0.0683 e. The van der Waals surface area contributed by atoms with Crippen molar-refractivity contribution in [3.05, 3.63) is 29.8 Å². The molecule has 0 unspecified atom stereocenters. The molecule has 1 aromatic carbocycles. The zero-order chi connectivity index (χ0) is 15.9. The Bertz CT molecular complexity index is 454. The first-order valence-electron chi connectivity index (χ1n) is 7.84. The van der Waals surface area contributed by atoms with Gasteiger partial charge in [0.15, 0.2) is 0 Å². The summed E-state index contributed by atoms with van der Waals surface area (Å²) in [6.45, 7) is 10.5. The molecule has 21 heavy (non-hydrogen) atoms. The van der Waals surface area contributed by atoms with Crippen molar-refractivity contribution in [3.8, 4) is 6.07 Å². The number of nitrogen functional groups attached to an aromatic ring is 1. The largest absolute Gasteiger partial charge is 0.399 e. The Hall–Kier alpha value is -1.53. The van der Waals surface area contributed by atoms with Crippen molar-refractivity contribution in [3.63, 3.8) is 0 Å².